The molecule has 0 radical (unpaired) electrons. The summed E-state index contributed by atoms with van der Waals surface area (Å²) in [4.78, 5) is 11.7. The Morgan fingerprint density at radius 2 is 2.25 bits per heavy atom. The third-order valence-corrected chi connectivity index (χ3v) is 2.53. The third kappa shape index (κ3) is 4.14. The summed E-state index contributed by atoms with van der Waals surface area (Å²) >= 11 is 5.69. The fraction of sp³-hybridized carbons (Fsp3) is 0.545. The van der Waals surface area contributed by atoms with E-state index in [4.69, 9.17) is 11.6 Å². The van der Waals surface area contributed by atoms with E-state index in [0.29, 0.717) is 18.0 Å². The van der Waals surface area contributed by atoms with E-state index < -0.39 is 0 Å². The minimum absolute atomic E-state index is 0.0118. The van der Waals surface area contributed by atoms with Gasteiger partial charge in [0.2, 0.25) is 0 Å². The zero-order chi connectivity index (χ0) is 12.0. The smallest absolute Gasteiger partial charge is 0.252 e. The number of aromatic nitrogens is 2. The number of nitrogens with one attached hydrogen (secondary N) is 1. The fourth-order valence-corrected chi connectivity index (χ4v) is 1.70. The van der Waals surface area contributed by atoms with E-state index in [1.807, 2.05) is 0 Å². The van der Waals surface area contributed by atoms with Gasteiger partial charge in [-0.15, -0.1) is 11.6 Å². The summed E-state index contributed by atoms with van der Waals surface area (Å²) in [6.45, 7) is 4.74. The SMILES string of the molecule is CC(C)(CCCl)CNC(=O)c1ccnnc1. The standard InChI is InChI=1S/C11H16ClN3O/c1-11(2,4-5-12)8-13-10(16)9-3-6-14-15-7-9/h3,6-7H,4-5,8H2,1-2H3,(H,13,16). The molecule has 1 heterocycles. The van der Waals surface area contributed by atoms with E-state index in [9.17, 15) is 4.79 Å². The molecule has 0 atom stereocenters. The lowest BCUT2D eigenvalue weighted by atomic mass is 9.90. The van der Waals surface area contributed by atoms with E-state index >= 15 is 0 Å². The van der Waals surface area contributed by atoms with Crippen LogP contribution in [0.15, 0.2) is 18.5 Å². The molecule has 1 aromatic rings. The van der Waals surface area contributed by atoms with Crippen LogP contribution in [0.5, 0.6) is 0 Å². The molecule has 1 amide bonds. The van der Waals surface area contributed by atoms with E-state index in [2.05, 4.69) is 29.4 Å². The molecule has 0 fully saturated rings. The first kappa shape index (κ1) is 12.9. The van der Waals surface area contributed by atoms with Gasteiger partial charge in [-0.1, -0.05) is 13.8 Å². The lowest BCUT2D eigenvalue weighted by molar-refractivity contribution is 0.0935. The average molecular weight is 242 g/mol. The number of nitrogens with zero attached hydrogens (tertiary/aromatic N) is 2. The van der Waals surface area contributed by atoms with E-state index in [1.165, 1.54) is 12.4 Å². The molecule has 0 spiro atoms. The van der Waals surface area contributed by atoms with E-state index in [-0.39, 0.29) is 11.3 Å². The monoisotopic (exact) mass is 241 g/mol. The Morgan fingerprint density at radius 1 is 1.50 bits per heavy atom. The van der Waals surface area contributed by atoms with Crippen LogP contribution in [0, 0.1) is 5.41 Å². The highest BCUT2D eigenvalue weighted by atomic mass is 35.5. The predicted octanol–water partition coefficient (Wildman–Crippen LogP) is 1.86. The van der Waals surface area contributed by atoms with Crippen LogP contribution in [0.25, 0.3) is 0 Å². The molecule has 0 unspecified atom stereocenters. The van der Waals surface area contributed by atoms with Crippen molar-refractivity contribution in [3.05, 3.63) is 24.0 Å². The summed E-state index contributed by atoms with van der Waals surface area (Å²) in [5, 5.41) is 10.1. The number of halogens is 1. The number of hydrogen-bond donors (Lipinski definition) is 1. The Bertz CT molecular complexity index is 340. The zero-order valence-electron chi connectivity index (χ0n) is 9.53. The highest BCUT2D eigenvalue weighted by Gasteiger charge is 2.18. The van der Waals surface area contributed by atoms with Crippen molar-refractivity contribution < 1.29 is 4.79 Å². The van der Waals surface area contributed by atoms with Crippen LogP contribution in [-0.2, 0) is 0 Å². The van der Waals surface area contributed by atoms with Crippen LogP contribution in [-0.4, -0.2) is 28.5 Å². The molecule has 0 aliphatic rings. The van der Waals surface area contributed by atoms with Gasteiger partial charge in [0.05, 0.1) is 18.0 Å². The maximum Gasteiger partial charge on any atom is 0.252 e. The maximum absolute atomic E-state index is 11.7. The van der Waals surface area contributed by atoms with Gasteiger partial charge in [0, 0.05) is 12.4 Å². The molecule has 4 nitrogen and oxygen atoms in total. The fourth-order valence-electron chi connectivity index (χ4n) is 1.19. The molecule has 0 bridgehead atoms. The topological polar surface area (TPSA) is 54.9 Å². The molecule has 0 aromatic carbocycles. The first-order valence-corrected chi connectivity index (χ1v) is 5.69. The Hall–Kier alpha value is -1.16. The van der Waals surface area contributed by atoms with Gasteiger partial charge >= 0.3 is 0 Å². The lowest BCUT2D eigenvalue weighted by Crippen LogP contribution is -2.34. The molecule has 0 saturated heterocycles. The highest BCUT2D eigenvalue weighted by molar-refractivity contribution is 6.17. The molecule has 1 N–H and O–H groups in total. The van der Waals surface area contributed by atoms with Gasteiger partial charge in [-0.05, 0) is 17.9 Å². The number of amides is 1. The van der Waals surface area contributed by atoms with Crippen molar-refractivity contribution in [1.82, 2.24) is 15.5 Å². The third-order valence-electron chi connectivity index (χ3n) is 2.35. The first-order chi connectivity index (χ1) is 7.55. The van der Waals surface area contributed by atoms with Crippen LogP contribution < -0.4 is 5.32 Å². The maximum atomic E-state index is 11.7. The van der Waals surface area contributed by atoms with Gasteiger partial charge in [-0.25, -0.2) is 0 Å². The molecule has 0 aliphatic heterocycles. The van der Waals surface area contributed by atoms with Crippen molar-refractivity contribution in [2.45, 2.75) is 20.3 Å². The Kier molecular flexibility index (Phi) is 4.68. The summed E-state index contributed by atoms with van der Waals surface area (Å²) in [6.07, 6.45) is 3.81. The largest absolute Gasteiger partial charge is 0.351 e. The van der Waals surface area contributed by atoms with Crippen molar-refractivity contribution in [3.63, 3.8) is 0 Å². The molecule has 1 aromatic heterocycles. The van der Waals surface area contributed by atoms with E-state index in [1.54, 1.807) is 6.07 Å². The zero-order valence-corrected chi connectivity index (χ0v) is 10.3. The lowest BCUT2D eigenvalue weighted by Gasteiger charge is -2.23. The molecule has 88 valence electrons. The van der Waals surface area contributed by atoms with Crippen LogP contribution >= 0.6 is 11.6 Å². The summed E-state index contributed by atoms with van der Waals surface area (Å²) in [5.41, 5.74) is 0.536. The summed E-state index contributed by atoms with van der Waals surface area (Å²) in [5.74, 6) is 0.470. The molecule has 0 aliphatic carbocycles. The molecular formula is C11H16ClN3O. The second-order valence-corrected chi connectivity index (χ2v) is 4.79. The van der Waals surface area contributed by atoms with E-state index in [0.717, 1.165) is 6.42 Å². The van der Waals surface area contributed by atoms with Gasteiger partial charge in [-0.3, -0.25) is 4.79 Å². The minimum atomic E-state index is -0.127. The molecule has 16 heavy (non-hydrogen) atoms. The summed E-state index contributed by atoms with van der Waals surface area (Å²) < 4.78 is 0. The van der Waals surface area contributed by atoms with Gasteiger partial charge in [0.1, 0.15) is 0 Å². The first-order valence-electron chi connectivity index (χ1n) is 5.16. The quantitative estimate of drug-likeness (QED) is 0.801. The number of alkyl halides is 1. The second kappa shape index (κ2) is 5.80. The van der Waals surface area contributed by atoms with Crippen molar-refractivity contribution in [2.75, 3.05) is 12.4 Å². The summed E-state index contributed by atoms with van der Waals surface area (Å²) in [7, 11) is 0. The van der Waals surface area contributed by atoms with Crippen molar-refractivity contribution >= 4 is 17.5 Å². The number of rotatable bonds is 5. The van der Waals surface area contributed by atoms with Crippen molar-refractivity contribution in [3.8, 4) is 0 Å². The minimum Gasteiger partial charge on any atom is -0.351 e. The van der Waals surface area contributed by atoms with Gasteiger partial charge in [-0.2, -0.15) is 10.2 Å². The Morgan fingerprint density at radius 3 is 2.81 bits per heavy atom. The number of carbonyl (C=O) groups excluding carboxylic acids is 1. The van der Waals surface area contributed by atoms with Crippen molar-refractivity contribution in [1.29, 1.82) is 0 Å². The molecule has 0 saturated carbocycles. The summed E-state index contributed by atoms with van der Waals surface area (Å²) in [6, 6.07) is 1.64. The molecule has 5 heteroatoms. The van der Waals surface area contributed by atoms with Crippen LogP contribution in [0.4, 0.5) is 0 Å². The number of carbonyl (C=O) groups is 1. The van der Waals surface area contributed by atoms with Crippen molar-refractivity contribution in [2.24, 2.45) is 5.41 Å². The van der Waals surface area contributed by atoms with Gasteiger partial charge in [0.25, 0.3) is 5.91 Å². The predicted molar refractivity (Wildman–Crippen MR) is 63.5 cm³/mol. The average Bonchev–Trinajstić information content (AvgIpc) is 2.27. The van der Waals surface area contributed by atoms with Gasteiger partial charge < -0.3 is 5.32 Å². The Balaban J connectivity index is 2.48. The molecular weight excluding hydrogens is 226 g/mol. The number of hydrogen-bond acceptors (Lipinski definition) is 3. The normalized spacial score (nSPS) is 11.2. The molecule has 1 rings (SSSR count). The van der Waals surface area contributed by atoms with Crippen LogP contribution in [0.2, 0.25) is 0 Å². The van der Waals surface area contributed by atoms with Crippen LogP contribution in [0.1, 0.15) is 30.6 Å². The van der Waals surface area contributed by atoms with Crippen LogP contribution in [0.3, 0.4) is 0 Å². The second-order valence-electron chi connectivity index (χ2n) is 4.42. The Labute approximate surface area is 100 Å². The van der Waals surface area contributed by atoms with Gasteiger partial charge in [0.15, 0.2) is 0 Å². The highest BCUT2D eigenvalue weighted by Crippen LogP contribution is 2.19.